The van der Waals surface area contributed by atoms with E-state index in [0.29, 0.717) is 29.6 Å². The van der Waals surface area contributed by atoms with Gasteiger partial charge in [0, 0.05) is 11.9 Å². The van der Waals surface area contributed by atoms with Crippen LogP contribution < -0.4 is 15.7 Å². The maximum absolute atomic E-state index is 12.7. The molecule has 29 heavy (non-hydrogen) atoms. The fourth-order valence-corrected chi connectivity index (χ4v) is 2.88. The van der Waals surface area contributed by atoms with E-state index in [-0.39, 0.29) is 11.3 Å². The number of benzene rings is 2. The third-order valence-corrected chi connectivity index (χ3v) is 4.45. The van der Waals surface area contributed by atoms with Crippen molar-refractivity contribution >= 4 is 22.4 Å². The van der Waals surface area contributed by atoms with Crippen molar-refractivity contribution in [1.29, 1.82) is 0 Å². The van der Waals surface area contributed by atoms with Crippen molar-refractivity contribution in [2.75, 3.05) is 6.61 Å². The molecule has 0 spiro atoms. The van der Waals surface area contributed by atoms with E-state index in [9.17, 15) is 9.59 Å². The lowest BCUT2D eigenvalue weighted by Crippen LogP contribution is -2.28. The van der Waals surface area contributed by atoms with Gasteiger partial charge in [-0.25, -0.2) is 10.1 Å². The lowest BCUT2D eigenvalue weighted by Gasteiger charge is -2.09. The second-order valence-corrected chi connectivity index (χ2v) is 6.53. The fourth-order valence-electron chi connectivity index (χ4n) is 2.88. The number of rotatable bonds is 7. The Morgan fingerprint density at radius 2 is 1.79 bits per heavy atom. The molecule has 1 amide bonds. The van der Waals surface area contributed by atoms with Gasteiger partial charge in [-0.3, -0.25) is 9.59 Å². The second-order valence-electron chi connectivity index (χ2n) is 6.53. The van der Waals surface area contributed by atoms with E-state index in [4.69, 9.17) is 4.74 Å². The maximum Gasteiger partial charge on any atom is 0.292 e. The highest BCUT2D eigenvalue weighted by Crippen LogP contribution is 2.14. The van der Waals surface area contributed by atoms with Gasteiger partial charge in [0.25, 0.3) is 11.5 Å². The number of aromatic nitrogens is 2. The first-order chi connectivity index (χ1) is 14.0. The molecule has 1 heterocycles. The molecule has 0 saturated heterocycles. The predicted octanol–water partition coefficient (Wildman–Crippen LogP) is 3.36. The third kappa shape index (κ3) is 4.51. The van der Waals surface area contributed by atoms with Crippen LogP contribution in [0.3, 0.4) is 0 Å². The minimum absolute atomic E-state index is 0.168. The summed E-state index contributed by atoms with van der Waals surface area (Å²) in [5.74, 6) is 0.329. The molecule has 0 atom stereocenters. The number of hydrazone groups is 1. The molecule has 3 aromatic rings. The van der Waals surface area contributed by atoms with Crippen LogP contribution in [0.25, 0.3) is 10.8 Å². The predicted molar refractivity (Wildman–Crippen MR) is 114 cm³/mol. The molecule has 0 saturated carbocycles. The van der Waals surface area contributed by atoms with Crippen molar-refractivity contribution in [1.82, 2.24) is 15.2 Å². The normalized spacial score (nSPS) is 11.5. The molecule has 150 valence electrons. The summed E-state index contributed by atoms with van der Waals surface area (Å²) in [6.07, 6.45) is 0.947. The number of ether oxygens (including phenoxy) is 1. The monoisotopic (exact) mass is 392 g/mol. The number of carbonyl (C=O) groups is 1. The summed E-state index contributed by atoms with van der Waals surface area (Å²) in [4.78, 5) is 25.1. The van der Waals surface area contributed by atoms with E-state index < -0.39 is 5.91 Å². The number of aryl methyl sites for hydroxylation is 1. The van der Waals surface area contributed by atoms with Gasteiger partial charge in [0.2, 0.25) is 0 Å². The highest BCUT2D eigenvalue weighted by molar-refractivity contribution is 6.06. The van der Waals surface area contributed by atoms with Gasteiger partial charge in [0.1, 0.15) is 5.75 Å². The highest BCUT2D eigenvalue weighted by Gasteiger charge is 2.16. The Hall–Kier alpha value is -3.48. The first-order valence-electron chi connectivity index (χ1n) is 9.62. The summed E-state index contributed by atoms with van der Waals surface area (Å²) in [7, 11) is 0. The Balaban J connectivity index is 1.83. The minimum atomic E-state index is -0.467. The first kappa shape index (κ1) is 20.3. The van der Waals surface area contributed by atoms with Crippen LogP contribution >= 0.6 is 0 Å². The van der Waals surface area contributed by atoms with Crippen molar-refractivity contribution in [3.63, 3.8) is 0 Å². The van der Waals surface area contributed by atoms with Crippen LogP contribution in [0.4, 0.5) is 0 Å². The third-order valence-electron chi connectivity index (χ3n) is 4.45. The molecule has 0 aliphatic heterocycles. The van der Waals surface area contributed by atoms with E-state index in [0.717, 1.165) is 17.7 Å². The molecule has 0 aliphatic rings. The summed E-state index contributed by atoms with van der Waals surface area (Å²) in [5.41, 5.74) is 4.01. The lowest BCUT2D eigenvalue weighted by molar-refractivity contribution is 0.0949. The standard InChI is InChI=1S/C22H24N4O3/c1-4-14-29-17-12-10-16(11-13-17)15(3)23-24-21(27)20-18-8-6-7-9-19(18)22(28)26(5-2)25-20/h6-13H,4-5,14H2,1-3H3,(H,24,27)/b23-15+. The number of carbonyl (C=O) groups excluding carboxylic acids is 1. The summed E-state index contributed by atoms with van der Waals surface area (Å²) in [6, 6.07) is 14.5. The van der Waals surface area contributed by atoms with Crippen molar-refractivity contribution in [2.45, 2.75) is 33.7 Å². The molecular formula is C22H24N4O3. The fraction of sp³-hybridized carbons (Fsp3) is 0.273. The van der Waals surface area contributed by atoms with Crippen molar-refractivity contribution in [3.05, 3.63) is 70.1 Å². The topological polar surface area (TPSA) is 85.6 Å². The zero-order chi connectivity index (χ0) is 20.8. The quantitative estimate of drug-likeness (QED) is 0.493. The van der Waals surface area contributed by atoms with Gasteiger partial charge in [0.15, 0.2) is 5.69 Å². The number of fused-ring (bicyclic) bond motifs is 1. The van der Waals surface area contributed by atoms with E-state index in [1.807, 2.05) is 24.3 Å². The molecular weight excluding hydrogens is 368 g/mol. The number of nitrogens with one attached hydrogen (secondary N) is 1. The van der Waals surface area contributed by atoms with Crippen LogP contribution in [-0.4, -0.2) is 28.0 Å². The molecule has 0 radical (unpaired) electrons. The molecule has 2 aromatic carbocycles. The molecule has 1 N–H and O–H groups in total. The van der Waals surface area contributed by atoms with Gasteiger partial charge in [-0.05, 0) is 56.2 Å². The van der Waals surface area contributed by atoms with Gasteiger partial charge in [0.05, 0.1) is 17.7 Å². The van der Waals surface area contributed by atoms with E-state index in [2.05, 4.69) is 22.5 Å². The Kier molecular flexibility index (Phi) is 6.39. The molecule has 3 rings (SSSR count). The number of hydrogen-bond acceptors (Lipinski definition) is 5. The number of nitrogens with zero attached hydrogens (tertiary/aromatic N) is 3. The molecule has 7 nitrogen and oxygen atoms in total. The molecule has 0 bridgehead atoms. The molecule has 0 unspecified atom stereocenters. The van der Waals surface area contributed by atoms with Gasteiger partial charge in [-0.2, -0.15) is 10.2 Å². The summed E-state index contributed by atoms with van der Waals surface area (Å²) < 4.78 is 6.85. The first-order valence-corrected chi connectivity index (χ1v) is 9.62. The second kappa shape index (κ2) is 9.14. The average molecular weight is 392 g/mol. The van der Waals surface area contributed by atoms with E-state index in [1.165, 1.54) is 4.68 Å². The van der Waals surface area contributed by atoms with E-state index >= 15 is 0 Å². The van der Waals surface area contributed by atoms with Crippen LogP contribution in [0, 0.1) is 0 Å². The van der Waals surface area contributed by atoms with Crippen molar-refractivity contribution < 1.29 is 9.53 Å². The van der Waals surface area contributed by atoms with Crippen LogP contribution in [-0.2, 0) is 6.54 Å². The number of amides is 1. The maximum atomic E-state index is 12.7. The van der Waals surface area contributed by atoms with Crippen LogP contribution in [0.1, 0.15) is 43.2 Å². The largest absolute Gasteiger partial charge is 0.494 e. The van der Waals surface area contributed by atoms with E-state index in [1.54, 1.807) is 38.1 Å². The zero-order valence-corrected chi connectivity index (χ0v) is 16.8. The molecule has 0 fully saturated rings. The average Bonchev–Trinajstić information content (AvgIpc) is 2.76. The summed E-state index contributed by atoms with van der Waals surface area (Å²) in [6.45, 7) is 6.71. The zero-order valence-electron chi connectivity index (χ0n) is 16.8. The lowest BCUT2D eigenvalue weighted by atomic mass is 10.1. The van der Waals surface area contributed by atoms with Gasteiger partial charge in [-0.1, -0.05) is 25.1 Å². The molecule has 0 aliphatic carbocycles. The van der Waals surface area contributed by atoms with Crippen molar-refractivity contribution in [3.8, 4) is 5.75 Å². The Morgan fingerprint density at radius 3 is 2.45 bits per heavy atom. The van der Waals surface area contributed by atoms with Gasteiger partial charge in [-0.15, -0.1) is 0 Å². The smallest absolute Gasteiger partial charge is 0.292 e. The minimum Gasteiger partial charge on any atom is -0.494 e. The molecule has 1 aromatic heterocycles. The van der Waals surface area contributed by atoms with Crippen LogP contribution in [0.5, 0.6) is 5.75 Å². The Bertz CT molecular complexity index is 1100. The molecule has 7 heteroatoms. The summed E-state index contributed by atoms with van der Waals surface area (Å²) in [5, 5.41) is 9.37. The summed E-state index contributed by atoms with van der Waals surface area (Å²) >= 11 is 0. The van der Waals surface area contributed by atoms with Crippen molar-refractivity contribution in [2.24, 2.45) is 5.10 Å². The SMILES string of the molecule is CCCOc1ccc(/C(C)=N/NC(=O)c2nn(CC)c(=O)c3ccccc23)cc1. The van der Waals surface area contributed by atoms with Gasteiger partial charge >= 0.3 is 0 Å². The van der Waals surface area contributed by atoms with Crippen LogP contribution in [0.15, 0.2) is 58.4 Å². The Morgan fingerprint density at radius 1 is 1.10 bits per heavy atom. The van der Waals surface area contributed by atoms with Crippen LogP contribution in [0.2, 0.25) is 0 Å². The Labute approximate surface area is 169 Å². The van der Waals surface area contributed by atoms with Gasteiger partial charge < -0.3 is 4.74 Å². The highest BCUT2D eigenvalue weighted by atomic mass is 16.5. The number of hydrogen-bond donors (Lipinski definition) is 1.